The first-order valence-electron chi connectivity index (χ1n) is 7.28. The maximum Gasteiger partial charge on any atom is 0.282 e. The number of nitrogens with one attached hydrogen (secondary N) is 2. The molecule has 1 aliphatic heterocycles. The number of carbonyl (C=O) groups excluding carboxylic acids is 2. The number of anilines is 1. The van der Waals surface area contributed by atoms with E-state index in [1.165, 1.54) is 6.07 Å². The van der Waals surface area contributed by atoms with E-state index in [9.17, 15) is 18.4 Å². The predicted octanol–water partition coefficient (Wildman–Crippen LogP) is 0.0720. The zero-order valence-electron chi connectivity index (χ0n) is 12.4. The second-order valence-corrected chi connectivity index (χ2v) is 5.67. The van der Waals surface area contributed by atoms with Crippen LogP contribution in [0.3, 0.4) is 0 Å². The molecule has 5 nitrogen and oxygen atoms in total. The summed E-state index contributed by atoms with van der Waals surface area (Å²) in [5.74, 6) is -2.63. The molecule has 7 heteroatoms. The van der Waals surface area contributed by atoms with E-state index in [4.69, 9.17) is 5.73 Å². The standard InChI is InChI=1S/C15H19F2N3O2/c1-9(20-6-4-10(5-7-20)14(18)21)15(22)19-11-2-3-12(16)13(17)8-11/h2-3,8-10H,4-7H2,1H3,(H2,18,21)(H,19,22)/p+1/t9-/m0/s1. The van der Waals surface area contributed by atoms with E-state index in [-0.39, 0.29) is 29.5 Å². The zero-order valence-corrected chi connectivity index (χ0v) is 12.4. The fourth-order valence-corrected chi connectivity index (χ4v) is 2.72. The van der Waals surface area contributed by atoms with Crippen LogP contribution in [0.15, 0.2) is 18.2 Å². The first kappa shape index (κ1) is 16.4. The molecule has 0 spiro atoms. The largest absolute Gasteiger partial charge is 0.369 e. The van der Waals surface area contributed by atoms with Crippen LogP contribution in [-0.2, 0) is 9.59 Å². The van der Waals surface area contributed by atoms with Gasteiger partial charge in [0.1, 0.15) is 0 Å². The lowest BCUT2D eigenvalue weighted by Gasteiger charge is -2.31. The van der Waals surface area contributed by atoms with Gasteiger partial charge in [-0.25, -0.2) is 8.78 Å². The summed E-state index contributed by atoms with van der Waals surface area (Å²) in [5.41, 5.74) is 5.51. The van der Waals surface area contributed by atoms with Crippen molar-refractivity contribution < 1.29 is 23.3 Å². The Morgan fingerprint density at radius 1 is 1.27 bits per heavy atom. The third-order valence-electron chi connectivity index (χ3n) is 4.22. The lowest BCUT2D eigenvalue weighted by Crippen LogP contribution is -3.17. The maximum absolute atomic E-state index is 13.1. The smallest absolute Gasteiger partial charge is 0.282 e. The lowest BCUT2D eigenvalue weighted by molar-refractivity contribution is -0.919. The molecule has 1 aliphatic rings. The SMILES string of the molecule is C[C@@H](C(=O)Nc1ccc(F)c(F)c1)[NH+]1CCC(C(N)=O)CC1. The van der Waals surface area contributed by atoms with Gasteiger partial charge >= 0.3 is 0 Å². The van der Waals surface area contributed by atoms with Crippen molar-refractivity contribution in [2.45, 2.75) is 25.8 Å². The molecule has 22 heavy (non-hydrogen) atoms. The molecule has 0 saturated carbocycles. The van der Waals surface area contributed by atoms with Crippen molar-refractivity contribution in [3.05, 3.63) is 29.8 Å². The highest BCUT2D eigenvalue weighted by Gasteiger charge is 2.32. The molecule has 1 fully saturated rings. The molecule has 1 heterocycles. The van der Waals surface area contributed by atoms with Gasteiger partial charge in [0.05, 0.1) is 13.1 Å². The van der Waals surface area contributed by atoms with E-state index < -0.39 is 11.6 Å². The number of hydrogen-bond acceptors (Lipinski definition) is 2. The molecule has 2 amide bonds. The van der Waals surface area contributed by atoms with Gasteiger partial charge in [-0.05, 0) is 19.1 Å². The summed E-state index contributed by atoms with van der Waals surface area (Å²) in [4.78, 5) is 24.4. The number of likely N-dealkylation sites (tertiary alicyclic amines) is 1. The number of benzene rings is 1. The molecule has 1 atom stereocenters. The maximum atomic E-state index is 13.1. The lowest BCUT2D eigenvalue weighted by atomic mass is 9.95. The number of rotatable bonds is 4. The van der Waals surface area contributed by atoms with Crippen molar-refractivity contribution in [3.8, 4) is 0 Å². The number of hydrogen-bond donors (Lipinski definition) is 3. The normalized spacial score (nSPS) is 22.9. The fraction of sp³-hybridized carbons (Fsp3) is 0.467. The number of quaternary nitrogens is 1. The molecule has 4 N–H and O–H groups in total. The van der Waals surface area contributed by atoms with E-state index in [0.29, 0.717) is 25.9 Å². The molecule has 120 valence electrons. The van der Waals surface area contributed by atoms with Gasteiger partial charge in [0.15, 0.2) is 17.7 Å². The second kappa shape index (κ2) is 6.83. The average Bonchev–Trinajstić information content (AvgIpc) is 2.50. The van der Waals surface area contributed by atoms with Crippen LogP contribution in [0.4, 0.5) is 14.5 Å². The minimum atomic E-state index is -1.000. The van der Waals surface area contributed by atoms with Crippen molar-refractivity contribution in [2.24, 2.45) is 11.7 Å². The number of nitrogens with two attached hydrogens (primary N) is 1. The monoisotopic (exact) mass is 312 g/mol. The Kier molecular flexibility index (Phi) is 5.07. The Bertz CT molecular complexity index is 572. The molecule has 0 bridgehead atoms. The molecule has 0 aromatic heterocycles. The molecule has 1 aromatic carbocycles. The molecule has 2 rings (SSSR count). The Balaban J connectivity index is 1.92. The Hall–Kier alpha value is -2.02. The quantitative estimate of drug-likeness (QED) is 0.736. The number of piperidine rings is 1. The Morgan fingerprint density at radius 2 is 1.91 bits per heavy atom. The van der Waals surface area contributed by atoms with Crippen LogP contribution in [0.5, 0.6) is 0 Å². The summed E-state index contributed by atoms with van der Waals surface area (Å²) in [7, 11) is 0. The molecule has 1 aromatic rings. The van der Waals surface area contributed by atoms with Crippen LogP contribution < -0.4 is 16.0 Å². The Morgan fingerprint density at radius 3 is 2.45 bits per heavy atom. The summed E-state index contributed by atoms with van der Waals surface area (Å²) < 4.78 is 26.0. The van der Waals surface area contributed by atoms with Crippen LogP contribution in [0.2, 0.25) is 0 Å². The van der Waals surface area contributed by atoms with Crippen LogP contribution in [0.25, 0.3) is 0 Å². The van der Waals surface area contributed by atoms with Gasteiger partial charge in [-0.2, -0.15) is 0 Å². The number of amides is 2. The van der Waals surface area contributed by atoms with Gasteiger partial charge in [-0.3, -0.25) is 9.59 Å². The van der Waals surface area contributed by atoms with Gasteiger partial charge in [0.25, 0.3) is 5.91 Å². The van der Waals surface area contributed by atoms with E-state index in [0.717, 1.165) is 17.0 Å². The predicted molar refractivity (Wildman–Crippen MR) is 77.1 cm³/mol. The molecular formula is C15H20F2N3O2+. The van der Waals surface area contributed by atoms with Crippen LogP contribution in [0, 0.1) is 17.6 Å². The number of halogens is 2. The highest BCUT2D eigenvalue weighted by Crippen LogP contribution is 2.13. The van der Waals surface area contributed by atoms with Gasteiger partial charge in [-0.1, -0.05) is 0 Å². The topological polar surface area (TPSA) is 76.6 Å². The molecular weight excluding hydrogens is 292 g/mol. The molecule has 0 unspecified atom stereocenters. The summed E-state index contributed by atoms with van der Waals surface area (Å²) >= 11 is 0. The summed E-state index contributed by atoms with van der Waals surface area (Å²) in [6, 6.07) is 2.90. The van der Waals surface area contributed by atoms with Crippen molar-refractivity contribution in [1.82, 2.24) is 0 Å². The first-order chi connectivity index (χ1) is 10.4. The zero-order chi connectivity index (χ0) is 16.3. The van der Waals surface area contributed by atoms with Crippen molar-refractivity contribution in [3.63, 3.8) is 0 Å². The highest BCUT2D eigenvalue weighted by molar-refractivity contribution is 5.93. The number of carbonyl (C=O) groups is 2. The van der Waals surface area contributed by atoms with E-state index >= 15 is 0 Å². The van der Waals surface area contributed by atoms with Crippen LogP contribution >= 0.6 is 0 Å². The van der Waals surface area contributed by atoms with Gasteiger partial charge in [-0.15, -0.1) is 0 Å². The second-order valence-electron chi connectivity index (χ2n) is 5.67. The van der Waals surface area contributed by atoms with E-state index in [1.54, 1.807) is 6.92 Å². The summed E-state index contributed by atoms with van der Waals surface area (Å²) in [5, 5.41) is 2.58. The average molecular weight is 312 g/mol. The highest BCUT2D eigenvalue weighted by atomic mass is 19.2. The van der Waals surface area contributed by atoms with Crippen molar-refractivity contribution >= 4 is 17.5 Å². The fourth-order valence-electron chi connectivity index (χ4n) is 2.72. The third kappa shape index (κ3) is 3.79. The number of primary amides is 1. The van der Waals surface area contributed by atoms with E-state index in [1.807, 2.05) is 0 Å². The summed E-state index contributed by atoms with van der Waals surface area (Å²) in [6.07, 6.45) is 1.32. The van der Waals surface area contributed by atoms with Crippen LogP contribution in [-0.4, -0.2) is 30.9 Å². The molecule has 1 saturated heterocycles. The van der Waals surface area contributed by atoms with Crippen LogP contribution in [0.1, 0.15) is 19.8 Å². The van der Waals surface area contributed by atoms with Gasteiger partial charge in [0, 0.05) is 30.5 Å². The van der Waals surface area contributed by atoms with Crippen molar-refractivity contribution in [2.75, 3.05) is 18.4 Å². The molecule has 0 radical (unpaired) electrons. The molecule has 0 aliphatic carbocycles. The third-order valence-corrected chi connectivity index (χ3v) is 4.22. The first-order valence-corrected chi connectivity index (χ1v) is 7.28. The Labute approximate surface area is 127 Å². The minimum absolute atomic E-state index is 0.120. The van der Waals surface area contributed by atoms with Crippen molar-refractivity contribution in [1.29, 1.82) is 0 Å². The van der Waals surface area contributed by atoms with E-state index in [2.05, 4.69) is 5.32 Å². The summed E-state index contributed by atoms with van der Waals surface area (Å²) in [6.45, 7) is 3.13. The van der Waals surface area contributed by atoms with Gasteiger partial charge < -0.3 is 16.0 Å². The minimum Gasteiger partial charge on any atom is -0.369 e. The van der Waals surface area contributed by atoms with Gasteiger partial charge in [0.2, 0.25) is 5.91 Å².